The number of hydrogen-bond donors (Lipinski definition) is 2. The van der Waals surface area contributed by atoms with Gasteiger partial charge in [-0.1, -0.05) is 6.92 Å². The highest BCUT2D eigenvalue weighted by Crippen LogP contribution is 2.70. The highest BCUT2D eigenvalue weighted by atomic mass is 19.3. The number of imidazole rings is 1. The van der Waals surface area contributed by atoms with Crippen molar-refractivity contribution in [1.29, 1.82) is 0 Å². The van der Waals surface area contributed by atoms with E-state index in [1.807, 2.05) is 18.2 Å². The Hall–Kier alpha value is -2.77. The van der Waals surface area contributed by atoms with Gasteiger partial charge in [0.2, 0.25) is 5.91 Å². The lowest BCUT2D eigenvalue weighted by molar-refractivity contribution is -0.116. The molecule has 2 aliphatic rings. The van der Waals surface area contributed by atoms with Crippen molar-refractivity contribution in [3.8, 4) is 11.5 Å². The maximum atomic E-state index is 14.1. The lowest BCUT2D eigenvalue weighted by Crippen LogP contribution is -2.22. The molecule has 6 nitrogen and oxygen atoms in total. The molecule has 1 amide bonds. The molecule has 2 N–H and O–H groups in total. The van der Waals surface area contributed by atoms with E-state index in [9.17, 15) is 13.6 Å². The van der Waals surface area contributed by atoms with Crippen LogP contribution in [0.2, 0.25) is 0 Å². The number of rotatable bonds is 2. The summed E-state index contributed by atoms with van der Waals surface area (Å²) in [7, 11) is 1.70. The molecule has 1 fully saturated rings. The summed E-state index contributed by atoms with van der Waals surface area (Å²) in [5.41, 5.74) is 3.50. The van der Waals surface area contributed by atoms with Crippen LogP contribution >= 0.6 is 0 Å². The minimum absolute atomic E-state index is 0.0695. The molecule has 0 aliphatic heterocycles. The van der Waals surface area contributed by atoms with Crippen LogP contribution in [0.25, 0.3) is 22.6 Å². The summed E-state index contributed by atoms with van der Waals surface area (Å²) in [5, 5.41) is 7.29. The lowest BCUT2D eigenvalue weighted by Gasteiger charge is -2.15. The molecule has 8 heteroatoms. The molecule has 0 unspecified atom stereocenters. The molecule has 2 aromatic heterocycles. The third kappa shape index (κ3) is 2.06. The van der Waals surface area contributed by atoms with E-state index in [1.54, 1.807) is 18.9 Å². The fourth-order valence-corrected chi connectivity index (χ4v) is 4.30. The third-order valence-corrected chi connectivity index (χ3v) is 6.34. The molecule has 27 heavy (non-hydrogen) atoms. The quantitative estimate of drug-likeness (QED) is 0.726. The van der Waals surface area contributed by atoms with Crippen molar-refractivity contribution < 1.29 is 13.6 Å². The molecule has 2 aliphatic carbocycles. The Bertz CT molecular complexity index is 1100. The first-order chi connectivity index (χ1) is 12.7. The van der Waals surface area contributed by atoms with Crippen molar-refractivity contribution in [3.05, 3.63) is 29.5 Å². The fraction of sp³-hybridized carbons (Fsp3) is 0.421. The number of amides is 1. The number of alkyl halides is 2. The van der Waals surface area contributed by atoms with Crippen molar-refractivity contribution in [2.45, 2.75) is 32.6 Å². The number of aromatic nitrogens is 4. The number of carbonyl (C=O) groups excluding carboxylic acids is 1. The summed E-state index contributed by atoms with van der Waals surface area (Å²) >= 11 is 0. The van der Waals surface area contributed by atoms with Crippen molar-refractivity contribution in [3.63, 3.8) is 0 Å². The maximum Gasteiger partial charge on any atom is 0.258 e. The zero-order valence-corrected chi connectivity index (χ0v) is 15.2. The van der Waals surface area contributed by atoms with Gasteiger partial charge in [0.1, 0.15) is 5.69 Å². The number of nitrogens with one attached hydrogen (secondary N) is 2. The number of nitrogens with zero attached hydrogens (tertiary/aromatic N) is 3. The Labute approximate surface area is 154 Å². The van der Waals surface area contributed by atoms with Crippen LogP contribution < -0.4 is 4.90 Å². The van der Waals surface area contributed by atoms with E-state index in [0.717, 1.165) is 22.5 Å². The topological polar surface area (TPSA) is 77.7 Å². The second-order valence-corrected chi connectivity index (χ2v) is 7.87. The largest absolute Gasteiger partial charge is 0.337 e. The van der Waals surface area contributed by atoms with E-state index >= 15 is 0 Å². The first-order valence-electron chi connectivity index (χ1n) is 8.91. The van der Waals surface area contributed by atoms with Gasteiger partial charge < -0.3 is 9.88 Å². The summed E-state index contributed by atoms with van der Waals surface area (Å²) in [4.78, 5) is 20.9. The molecule has 2 atom stereocenters. The molecule has 1 aromatic carbocycles. The second kappa shape index (κ2) is 4.94. The van der Waals surface area contributed by atoms with Crippen LogP contribution in [-0.2, 0) is 17.6 Å². The van der Waals surface area contributed by atoms with Crippen LogP contribution in [-0.4, -0.2) is 39.0 Å². The summed E-state index contributed by atoms with van der Waals surface area (Å²) in [6, 6.07) is 5.51. The number of benzene rings is 1. The molecule has 1 saturated carbocycles. The first kappa shape index (κ1) is 16.4. The SMILES string of the molecule is CC(=O)N(C)c1ccc2[nH]c(-c3n[nH]c4c3C[C@H]3C(F)(F)[C@@]3(C)C4)nc2c1. The van der Waals surface area contributed by atoms with E-state index < -0.39 is 17.3 Å². The predicted molar refractivity (Wildman–Crippen MR) is 96.7 cm³/mol. The molecule has 3 aromatic rings. The highest BCUT2D eigenvalue weighted by molar-refractivity contribution is 5.93. The minimum atomic E-state index is -2.62. The van der Waals surface area contributed by atoms with Gasteiger partial charge in [-0.25, -0.2) is 13.8 Å². The van der Waals surface area contributed by atoms with Gasteiger partial charge in [0.05, 0.1) is 11.0 Å². The van der Waals surface area contributed by atoms with Crippen LogP contribution in [0.4, 0.5) is 14.5 Å². The normalized spacial score (nSPS) is 25.1. The summed E-state index contributed by atoms with van der Waals surface area (Å²) < 4.78 is 28.3. The van der Waals surface area contributed by atoms with Crippen LogP contribution in [0, 0.1) is 11.3 Å². The Morgan fingerprint density at radius 1 is 1.37 bits per heavy atom. The number of aromatic amines is 2. The standard InChI is InChI=1S/C19H19F2N5O/c1-9(27)26(3)10-4-5-12-13(6-10)23-17(22-12)16-11-7-15-18(2,19(15,20)21)8-14(11)24-25-16/h4-6,15H,7-8H2,1-3H3,(H,22,23)(H,24,25)/t15-,18+/m1/s1. The number of anilines is 1. The minimum Gasteiger partial charge on any atom is -0.337 e. The van der Waals surface area contributed by atoms with Gasteiger partial charge in [-0.3, -0.25) is 9.89 Å². The zero-order valence-electron chi connectivity index (χ0n) is 15.2. The summed E-state index contributed by atoms with van der Waals surface area (Å²) in [6.07, 6.45) is 0.612. The Balaban J connectivity index is 1.54. The molecule has 2 heterocycles. The first-order valence-corrected chi connectivity index (χ1v) is 8.91. The molecule has 0 saturated heterocycles. The third-order valence-electron chi connectivity index (χ3n) is 6.34. The fourth-order valence-electron chi connectivity index (χ4n) is 4.30. The monoisotopic (exact) mass is 371 g/mol. The molecular formula is C19H19F2N5O. The Morgan fingerprint density at radius 3 is 2.89 bits per heavy atom. The zero-order chi connectivity index (χ0) is 19.1. The van der Waals surface area contributed by atoms with Gasteiger partial charge in [0, 0.05) is 48.7 Å². The lowest BCUT2D eigenvalue weighted by atomic mass is 9.87. The van der Waals surface area contributed by atoms with Gasteiger partial charge in [-0.15, -0.1) is 0 Å². The Morgan fingerprint density at radius 2 is 2.15 bits per heavy atom. The maximum absolute atomic E-state index is 14.1. The van der Waals surface area contributed by atoms with E-state index in [4.69, 9.17) is 0 Å². The van der Waals surface area contributed by atoms with E-state index in [1.165, 1.54) is 6.92 Å². The van der Waals surface area contributed by atoms with E-state index in [0.29, 0.717) is 29.9 Å². The van der Waals surface area contributed by atoms with Gasteiger partial charge in [-0.05, 0) is 24.6 Å². The van der Waals surface area contributed by atoms with Crippen molar-refractivity contribution in [2.24, 2.45) is 11.3 Å². The molecule has 0 spiro atoms. The number of carbonyl (C=O) groups is 1. The van der Waals surface area contributed by atoms with Gasteiger partial charge in [-0.2, -0.15) is 5.10 Å². The smallest absolute Gasteiger partial charge is 0.258 e. The average Bonchev–Trinajstić information content (AvgIpc) is 3.02. The predicted octanol–water partition coefficient (Wildman–Crippen LogP) is 3.31. The van der Waals surface area contributed by atoms with Crippen LogP contribution in [0.1, 0.15) is 25.1 Å². The number of fused-ring (bicyclic) bond motifs is 3. The van der Waals surface area contributed by atoms with Crippen LogP contribution in [0.3, 0.4) is 0 Å². The molecule has 0 bridgehead atoms. The van der Waals surface area contributed by atoms with Gasteiger partial charge in [0.15, 0.2) is 5.82 Å². The summed E-state index contributed by atoms with van der Waals surface area (Å²) in [6.45, 7) is 3.15. The van der Waals surface area contributed by atoms with Gasteiger partial charge >= 0.3 is 0 Å². The number of halogens is 2. The van der Waals surface area contributed by atoms with Gasteiger partial charge in [0.25, 0.3) is 5.92 Å². The molecule has 140 valence electrons. The highest BCUT2D eigenvalue weighted by Gasteiger charge is 2.78. The van der Waals surface area contributed by atoms with Crippen molar-refractivity contribution in [1.82, 2.24) is 20.2 Å². The summed E-state index contributed by atoms with van der Waals surface area (Å²) in [5.74, 6) is -2.77. The van der Waals surface area contributed by atoms with E-state index in [-0.39, 0.29) is 5.91 Å². The Kier molecular flexibility index (Phi) is 3.00. The second-order valence-electron chi connectivity index (χ2n) is 7.87. The van der Waals surface area contributed by atoms with Crippen LogP contribution in [0.15, 0.2) is 18.2 Å². The number of H-pyrrole nitrogens is 2. The molecule has 0 radical (unpaired) electrons. The van der Waals surface area contributed by atoms with Crippen LogP contribution in [0.5, 0.6) is 0 Å². The number of hydrogen-bond acceptors (Lipinski definition) is 3. The van der Waals surface area contributed by atoms with Crippen molar-refractivity contribution >= 4 is 22.6 Å². The molecule has 5 rings (SSSR count). The van der Waals surface area contributed by atoms with Crippen molar-refractivity contribution in [2.75, 3.05) is 11.9 Å². The average molecular weight is 371 g/mol. The molecular weight excluding hydrogens is 352 g/mol. The van der Waals surface area contributed by atoms with E-state index in [2.05, 4.69) is 20.2 Å².